The molecule has 1 saturated carbocycles. The van der Waals surface area contributed by atoms with Gasteiger partial charge in [0.2, 0.25) is 5.91 Å². The minimum atomic E-state index is -0.0549. The zero-order valence-corrected chi connectivity index (χ0v) is 15.9. The van der Waals surface area contributed by atoms with Gasteiger partial charge in [-0.3, -0.25) is 14.7 Å². The van der Waals surface area contributed by atoms with Crippen molar-refractivity contribution < 1.29 is 9.90 Å². The second kappa shape index (κ2) is 8.67. The fourth-order valence-corrected chi connectivity index (χ4v) is 4.54. The number of nitrogens with one attached hydrogen (secondary N) is 1. The summed E-state index contributed by atoms with van der Waals surface area (Å²) in [6, 6.07) is 14.1. The number of aliphatic hydroxyl groups is 1. The third-order valence-electron chi connectivity index (χ3n) is 6.09. The number of aliphatic hydroxyl groups excluding tert-OH is 1. The standard InChI is InChI=1S/C23H27N3O2/c27-16-22(18-6-2-1-3-7-18)26-14-20-19(21(20)15-26)10-12-25-23(28)9-8-17-5-4-11-24-13-17/h1-9,11,13,19-22,27H,10,12,14-16H2,(H,25,28)/b9-8+. The maximum Gasteiger partial charge on any atom is 0.244 e. The number of carbonyl (C=O) groups is 1. The third kappa shape index (κ3) is 4.32. The molecule has 2 aromatic rings. The molecule has 4 rings (SSSR count). The molecule has 3 atom stereocenters. The lowest BCUT2D eigenvalue weighted by Gasteiger charge is -2.28. The predicted molar refractivity (Wildman–Crippen MR) is 109 cm³/mol. The van der Waals surface area contributed by atoms with Crippen LogP contribution in [0.4, 0.5) is 0 Å². The molecule has 0 radical (unpaired) electrons. The number of pyridine rings is 1. The Balaban J connectivity index is 1.18. The zero-order valence-electron chi connectivity index (χ0n) is 15.9. The average Bonchev–Trinajstić information content (AvgIpc) is 3.18. The summed E-state index contributed by atoms with van der Waals surface area (Å²) in [6.07, 6.45) is 7.83. The van der Waals surface area contributed by atoms with Gasteiger partial charge in [-0.15, -0.1) is 0 Å². The van der Waals surface area contributed by atoms with Crippen molar-refractivity contribution in [2.75, 3.05) is 26.2 Å². The van der Waals surface area contributed by atoms with Crippen molar-refractivity contribution in [3.63, 3.8) is 0 Å². The third-order valence-corrected chi connectivity index (χ3v) is 6.09. The Hall–Kier alpha value is -2.50. The van der Waals surface area contributed by atoms with Gasteiger partial charge in [0.1, 0.15) is 0 Å². The molecule has 1 aromatic carbocycles. The number of likely N-dealkylation sites (tertiary alicyclic amines) is 1. The zero-order chi connectivity index (χ0) is 19.3. The Morgan fingerprint density at radius 1 is 1.21 bits per heavy atom. The van der Waals surface area contributed by atoms with Crippen molar-refractivity contribution >= 4 is 12.0 Å². The van der Waals surface area contributed by atoms with Crippen molar-refractivity contribution in [1.29, 1.82) is 0 Å². The number of nitrogens with zero attached hydrogens (tertiary/aromatic N) is 2. The summed E-state index contributed by atoms with van der Waals surface area (Å²) in [5, 5.41) is 12.8. The smallest absolute Gasteiger partial charge is 0.244 e. The van der Waals surface area contributed by atoms with E-state index < -0.39 is 0 Å². The van der Waals surface area contributed by atoms with Crippen molar-refractivity contribution in [3.05, 3.63) is 72.1 Å². The first-order chi connectivity index (χ1) is 13.8. The number of aromatic nitrogens is 1. The fraction of sp³-hybridized carbons (Fsp3) is 0.391. The summed E-state index contributed by atoms with van der Waals surface area (Å²) in [4.78, 5) is 18.4. The fourth-order valence-electron chi connectivity index (χ4n) is 4.54. The van der Waals surface area contributed by atoms with Gasteiger partial charge in [0, 0.05) is 38.1 Å². The van der Waals surface area contributed by atoms with Gasteiger partial charge in [-0.1, -0.05) is 36.4 Å². The number of rotatable bonds is 8. The Bertz CT molecular complexity index is 797. The number of hydrogen-bond donors (Lipinski definition) is 2. The Labute approximate surface area is 166 Å². The highest BCUT2D eigenvalue weighted by atomic mass is 16.3. The summed E-state index contributed by atoms with van der Waals surface area (Å²) < 4.78 is 0. The molecule has 5 nitrogen and oxygen atoms in total. The van der Waals surface area contributed by atoms with E-state index in [-0.39, 0.29) is 18.6 Å². The van der Waals surface area contributed by atoms with Crippen molar-refractivity contribution in [1.82, 2.24) is 15.2 Å². The van der Waals surface area contributed by atoms with E-state index >= 15 is 0 Å². The first-order valence-corrected chi connectivity index (χ1v) is 10.0. The number of hydrogen-bond acceptors (Lipinski definition) is 4. The number of amides is 1. The molecule has 2 heterocycles. The van der Waals surface area contributed by atoms with Crippen LogP contribution in [0.5, 0.6) is 0 Å². The molecule has 1 amide bonds. The molecular weight excluding hydrogens is 350 g/mol. The lowest BCUT2D eigenvalue weighted by Crippen LogP contribution is -2.32. The molecule has 1 aliphatic carbocycles. The number of benzene rings is 1. The molecule has 3 unspecified atom stereocenters. The summed E-state index contributed by atoms with van der Waals surface area (Å²) in [6.45, 7) is 2.97. The van der Waals surface area contributed by atoms with E-state index in [0.29, 0.717) is 17.8 Å². The van der Waals surface area contributed by atoms with E-state index in [2.05, 4.69) is 27.3 Å². The predicted octanol–water partition coefficient (Wildman–Crippen LogP) is 2.51. The Kier molecular flexibility index (Phi) is 5.84. The molecule has 28 heavy (non-hydrogen) atoms. The lowest BCUT2D eigenvalue weighted by molar-refractivity contribution is -0.116. The molecule has 0 spiro atoms. The SMILES string of the molecule is O=C(/C=C/c1cccnc1)NCCC1C2CN(C(CO)c3ccccc3)CC12. The molecule has 1 aliphatic heterocycles. The summed E-state index contributed by atoms with van der Waals surface area (Å²) in [7, 11) is 0. The van der Waals surface area contributed by atoms with Crippen molar-refractivity contribution in [2.45, 2.75) is 12.5 Å². The average molecular weight is 377 g/mol. The minimum absolute atomic E-state index is 0.0549. The van der Waals surface area contributed by atoms with Crippen LogP contribution in [0.2, 0.25) is 0 Å². The van der Waals surface area contributed by atoms with Gasteiger partial charge in [0.25, 0.3) is 0 Å². The van der Waals surface area contributed by atoms with E-state index in [9.17, 15) is 9.90 Å². The van der Waals surface area contributed by atoms with E-state index in [1.165, 1.54) is 5.56 Å². The normalized spacial score (nSPS) is 24.8. The van der Waals surface area contributed by atoms with Crippen LogP contribution in [-0.2, 0) is 4.79 Å². The van der Waals surface area contributed by atoms with Crippen LogP contribution in [0, 0.1) is 17.8 Å². The lowest BCUT2D eigenvalue weighted by atomic mass is 10.1. The van der Waals surface area contributed by atoms with E-state index in [1.807, 2.05) is 30.3 Å². The van der Waals surface area contributed by atoms with Crippen LogP contribution in [0.1, 0.15) is 23.6 Å². The van der Waals surface area contributed by atoms with Crippen molar-refractivity contribution in [2.24, 2.45) is 17.8 Å². The molecular formula is C23H27N3O2. The summed E-state index contributed by atoms with van der Waals surface area (Å²) in [5.41, 5.74) is 2.11. The maximum atomic E-state index is 11.9. The van der Waals surface area contributed by atoms with Gasteiger partial charge in [-0.25, -0.2) is 0 Å². The van der Waals surface area contributed by atoms with E-state index in [4.69, 9.17) is 0 Å². The van der Waals surface area contributed by atoms with Crippen LogP contribution in [-0.4, -0.2) is 47.1 Å². The maximum absolute atomic E-state index is 11.9. The Morgan fingerprint density at radius 3 is 2.68 bits per heavy atom. The molecule has 1 aromatic heterocycles. The van der Waals surface area contributed by atoms with Gasteiger partial charge >= 0.3 is 0 Å². The summed E-state index contributed by atoms with van der Waals surface area (Å²) in [5.74, 6) is 2.07. The van der Waals surface area contributed by atoms with Gasteiger partial charge in [0.15, 0.2) is 0 Å². The largest absolute Gasteiger partial charge is 0.394 e. The minimum Gasteiger partial charge on any atom is -0.394 e. The molecule has 146 valence electrons. The van der Waals surface area contributed by atoms with Crippen LogP contribution in [0.25, 0.3) is 6.08 Å². The topological polar surface area (TPSA) is 65.5 Å². The first kappa shape index (κ1) is 18.8. The number of piperidine rings is 1. The van der Waals surface area contributed by atoms with Crippen LogP contribution in [0.15, 0.2) is 60.9 Å². The molecule has 1 saturated heterocycles. The van der Waals surface area contributed by atoms with Gasteiger partial charge in [-0.2, -0.15) is 0 Å². The van der Waals surface area contributed by atoms with E-state index in [0.717, 1.165) is 31.6 Å². The molecule has 2 fully saturated rings. The summed E-state index contributed by atoms with van der Waals surface area (Å²) >= 11 is 0. The second-order valence-corrected chi connectivity index (χ2v) is 7.75. The van der Waals surface area contributed by atoms with Crippen LogP contribution >= 0.6 is 0 Å². The quantitative estimate of drug-likeness (QED) is 0.694. The van der Waals surface area contributed by atoms with Gasteiger partial charge in [0.05, 0.1) is 12.6 Å². The highest BCUT2D eigenvalue weighted by Crippen LogP contribution is 2.54. The monoisotopic (exact) mass is 377 g/mol. The second-order valence-electron chi connectivity index (χ2n) is 7.75. The number of fused-ring (bicyclic) bond motifs is 1. The molecule has 2 N–H and O–H groups in total. The van der Waals surface area contributed by atoms with Gasteiger partial charge < -0.3 is 10.4 Å². The molecule has 0 bridgehead atoms. The van der Waals surface area contributed by atoms with Crippen LogP contribution < -0.4 is 5.32 Å². The van der Waals surface area contributed by atoms with Gasteiger partial charge in [-0.05, 0) is 47.4 Å². The highest BCUT2D eigenvalue weighted by Gasteiger charge is 2.55. The number of carbonyl (C=O) groups excluding carboxylic acids is 1. The van der Waals surface area contributed by atoms with Crippen molar-refractivity contribution in [3.8, 4) is 0 Å². The van der Waals surface area contributed by atoms with E-state index in [1.54, 1.807) is 24.5 Å². The van der Waals surface area contributed by atoms with Crippen LogP contribution in [0.3, 0.4) is 0 Å². The molecule has 2 aliphatic rings. The Morgan fingerprint density at radius 2 is 2.00 bits per heavy atom. The first-order valence-electron chi connectivity index (χ1n) is 10.0. The molecule has 5 heteroatoms. The highest BCUT2D eigenvalue weighted by molar-refractivity contribution is 5.91.